The van der Waals surface area contributed by atoms with E-state index in [1.54, 1.807) is 12.3 Å². The Kier molecular flexibility index (Phi) is 4.69. The van der Waals surface area contributed by atoms with Crippen LogP contribution in [0.1, 0.15) is 26.3 Å². The van der Waals surface area contributed by atoms with E-state index in [0.717, 1.165) is 16.8 Å². The van der Waals surface area contributed by atoms with Crippen LogP contribution >= 0.6 is 23.2 Å². The van der Waals surface area contributed by atoms with Crippen LogP contribution in [0.5, 0.6) is 0 Å². The van der Waals surface area contributed by atoms with Gasteiger partial charge in [-0.1, -0.05) is 27.6 Å². The van der Waals surface area contributed by atoms with Crippen LogP contribution in [0.25, 0.3) is 6.08 Å². The van der Waals surface area contributed by atoms with Crippen molar-refractivity contribution in [3.63, 3.8) is 0 Å². The molecule has 20 heavy (non-hydrogen) atoms. The van der Waals surface area contributed by atoms with Crippen LogP contribution in [0.2, 0.25) is 5.02 Å². The Morgan fingerprint density at radius 2 is 2.10 bits per heavy atom. The Morgan fingerprint density at radius 3 is 2.75 bits per heavy atom. The summed E-state index contributed by atoms with van der Waals surface area (Å²) in [6, 6.07) is 5.53. The summed E-state index contributed by atoms with van der Waals surface area (Å²) in [4.78, 5) is 0. The van der Waals surface area contributed by atoms with Crippen LogP contribution in [0, 0.1) is 0 Å². The maximum absolute atomic E-state index is 11.9. The molecule has 2 unspecified atom stereocenters. The van der Waals surface area contributed by atoms with Gasteiger partial charge in [-0.05, 0) is 50.6 Å². The largest absolute Gasteiger partial charge is 0.591 e. The van der Waals surface area contributed by atoms with Gasteiger partial charge in [0.2, 0.25) is 0 Å². The molecule has 1 N–H and O–H groups in total. The van der Waals surface area contributed by atoms with E-state index in [1.807, 2.05) is 39.0 Å². The summed E-state index contributed by atoms with van der Waals surface area (Å²) >= 11 is 10.9. The molecule has 0 fully saturated rings. The molecule has 2 rings (SSSR count). The maximum atomic E-state index is 11.9. The van der Waals surface area contributed by atoms with E-state index in [-0.39, 0.29) is 4.75 Å². The first kappa shape index (κ1) is 15.7. The highest BCUT2D eigenvalue weighted by atomic mass is 35.5. The van der Waals surface area contributed by atoms with Crippen LogP contribution in [-0.2, 0) is 11.4 Å². The van der Waals surface area contributed by atoms with E-state index in [4.69, 9.17) is 23.2 Å². The lowest BCUT2D eigenvalue weighted by molar-refractivity contribution is 0.562. The number of nitrogens with zero attached hydrogens (tertiary/aromatic N) is 1. The predicted octanol–water partition coefficient (Wildman–Crippen LogP) is 4.25. The van der Waals surface area contributed by atoms with E-state index in [1.165, 1.54) is 0 Å². The van der Waals surface area contributed by atoms with Crippen LogP contribution < -0.4 is 5.32 Å². The standard InChI is InChI=1S/C14H16Cl2N2OS/c1-14(2,3)20(19)17-8-10-6-9-7-11(15)4-5-12(9)18-13(10)16/h4-8,13,18H,1-3H3. The van der Waals surface area contributed by atoms with Crippen LogP contribution in [-0.4, -0.2) is 21.0 Å². The van der Waals surface area contributed by atoms with Crippen molar-refractivity contribution in [1.29, 1.82) is 0 Å². The molecule has 0 radical (unpaired) electrons. The van der Waals surface area contributed by atoms with Gasteiger partial charge in [-0.25, -0.2) is 0 Å². The summed E-state index contributed by atoms with van der Waals surface area (Å²) in [5.41, 5.74) is 2.23. The number of rotatable bonds is 2. The van der Waals surface area contributed by atoms with Crippen LogP contribution in [0.4, 0.5) is 5.69 Å². The molecule has 0 aromatic heterocycles. The SMILES string of the molecule is CC(C)(C)[S+]([O-])N=CC1=Cc2cc(Cl)ccc2NC1Cl. The Morgan fingerprint density at radius 1 is 1.40 bits per heavy atom. The zero-order chi connectivity index (χ0) is 14.9. The third-order valence-electron chi connectivity index (χ3n) is 2.73. The van der Waals surface area contributed by atoms with Gasteiger partial charge in [-0.3, -0.25) is 0 Å². The maximum Gasteiger partial charge on any atom is 0.144 e. The van der Waals surface area contributed by atoms with Crippen molar-refractivity contribution in [1.82, 2.24) is 0 Å². The Bertz CT molecular complexity index is 567. The van der Waals surface area contributed by atoms with E-state index < -0.39 is 16.9 Å². The first-order valence-corrected chi connectivity index (χ1v) is 8.07. The third-order valence-corrected chi connectivity index (χ3v) is 4.67. The molecule has 1 aromatic carbocycles. The average molecular weight is 331 g/mol. The first-order chi connectivity index (χ1) is 9.27. The molecule has 0 amide bonds. The minimum atomic E-state index is -1.30. The van der Waals surface area contributed by atoms with Gasteiger partial charge >= 0.3 is 0 Å². The van der Waals surface area contributed by atoms with Crippen molar-refractivity contribution >= 4 is 52.5 Å². The monoisotopic (exact) mass is 330 g/mol. The summed E-state index contributed by atoms with van der Waals surface area (Å²) in [7, 11) is 0. The molecule has 3 nitrogen and oxygen atoms in total. The predicted molar refractivity (Wildman–Crippen MR) is 89.1 cm³/mol. The van der Waals surface area contributed by atoms with Gasteiger partial charge in [0, 0.05) is 16.3 Å². The van der Waals surface area contributed by atoms with E-state index in [2.05, 4.69) is 9.71 Å². The fourth-order valence-corrected chi connectivity index (χ4v) is 2.58. The summed E-state index contributed by atoms with van der Waals surface area (Å²) in [5.74, 6) is 0. The molecule has 0 spiro atoms. The second-order valence-corrected chi connectivity index (χ2v) is 8.29. The Hall–Kier alpha value is -0.680. The molecular formula is C14H16Cl2N2OS. The number of hydrogen-bond acceptors (Lipinski definition) is 3. The van der Waals surface area contributed by atoms with Crippen molar-refractivity contribution in [2.45, 2.75) is 31.0 Å². The number of anilines is 1. The molecule has 1 aliphatic heterocycles. The highest BCUT2D eigenvalue weighted by molar-refractivity contribution is 7.91. The lowest BCUT2D eigenvalue weighted by Gasteiger charge is -2.22. The first-order valence-electron chi connectivity index (χ1n) is 6.15. The molecule has 108 valence electrons. The van der Waals surface area contributed by atoms with Gasteiger partial charge in [0.1, 0.15) is 21.6 Å². The molecule has 1 heterocycles. The lowest BCUT2D eigenvalue weighted by Crippen LogP contribution is -2.26. The summed E-state index contributed by atoms with van der Waals surface area (Å²) in [5, 5.41) is 3.80. The van der Waals surface area contributed by atoms with Crippen molar-refractivity contribution in [2.24, 2.45) is 4.40 Å². The topological polar surface area (TPSA) is 47.5 Å². The molecule has 2 atom stereocenters. The summed E-state index contributed by atoms with van der Waals surface area (Å²) in [6.45, 7) is 5.63. The van der Waals surface area contributed by atoms with E-state index >= 15 is 0 Å². The number of nitrogens with one attached hydrogen (secondary N) is 1. The number of hydrogen-bond donors (Lipinski definition) is 1. The molecular weight excluding hydrogens is 315 g/mol. The second-order valence-electron chi connectivity index (χ2n) is 5.48. The van der Waals surface area contributed by atoms with Crippen LogP contribution in [0.3, 0.4) is 0 Å². The van der Waals surface area contributed by atoms with Crippen molar-refractivity contribution in [3.05, 3.63) is 34.4 Å². The fraction of sp³-hybridized carbons (Fsp3) is 0.357. The molecule has 0 saturated carbocycles. The van der Waals surface area contributed by atoms with Gasteiger partial charge in [0.05, 0.1) is 6.21 Å². The zero-order valence-corrected chi connectivity index (χ0v) is 13.8. The van der Waals surface area contributed by atoms with Crippen molar-refractivity contribution in [3.8, 4) is 0 Å². The summed E-state index contributed by atoms with van der Waals surface area (Å²) < 4.78 is 15.6. The second kappa shape index (κ2) is 5.98. The number of alkyl halides is 1. The van der Waals surface area contributed by atoms with E-state index in [9.17, 15) is 4.55 Å². The minimum Gasteiger partial charge on any atom is -0.591 e. The Balaban J connectivity index is 2.26. The normalized spacial score (nSPS) is 20.3. The summed E-state index contributed by atoms with van der Waals surface area (Å²) in [6.07, 6.45) is 3.47. The van der Waals surface area contributed by atoms with Crippen molar-refractivity contribution < 1.29 is 4.55 Å². The molecule has 0 saturated heterocycles. The average Bonchev–Trinajstić information content (AvgIpc) is 2.35. The van der Waals surface area contributed by atoms with Gasteiger partial charge in [0.15, 0.2) is 0 Å². The molecule has 0 aliphatic carbocycles. The van der Waals surface area contributed by atoms with Gasteiger partial charge < -0.3 is 9.87 Å². The van der Waals surface area contributed by atoms with Gasteiger partial charge in [-0.15, -0.1) is 0 Å². The smallest absolute Gasteiger partial charge is 0.144 e. The molecule has 6 heteroatoms. The quantitative estimate of drug-likeness (QED) is 0.381. The third kappa shape index (κ3) is 3.70. The fourth-order valence-electron chi connectivity index (χ4n) is 1.63. The van der Waals surface area contributed by atoms with Gasteiger partial charge in [-0.2, -0.15) is 0 Å². The van der Waals surface area contributed by atoms with E-state index in [0.29, 0.717) is 5.02 Å². The molecule has 0 bridgehead atoms. The number of benzene rings is 1. The van der Waals surface area contributed by atoms with Crippen LogP contribution in [0.15, 0.2) is 28.2 Å². The Labute approximate surface area is 132 Å². The molecule has 1 aromatic rings. The van der Waals surface area contributed by atoms with Crippen molar-refractivity contribution in [2.75, 3.05) is 5.32 Å². The minimum absolute atomic E-state index is 0.387. The highest BCUT2D eigenvalue weighted by Crippen LogP contribution is 2.30. The highest BCUT2D eigenvalue weighted by Gasteiger charge is 2.26. The number of halogens is 2. The lowest BCUT2D eigenvalue weighted by atomic mass is 10.1. The van der Waals surface area contributed by atoms with Gasteiger partial charge in [0.25, 0.3) is 0 Å². The number of fused-ring (bicyclic) bond motifs is 1. The molecule has 1 aliphatic rings. The zero-order valence-electron chi connectivity index (χ0n) is 11.5.